The van der Waals surface area contributed by atoms with Gasteiger partial charge in [-0.05, 0) is 56.0 Å². The van der Waals surface area contributed by atoms with Crippen molar-refractivity contribution in [1.82, 2.24) is 10.2 Å². The maximum atomic E-state index is 13.2. The van der Waals surface area contributed by atoms with Gasteiger partial charge in [0.2, 0.25) is 5.91 Å². The zero-order valence-electron chi connectivity index (χ0n) is 19.3. The van der Waals surface area contributed by atoms with Crippen LogP contribution in [0.1, 0.15) is 50.2 Å². The van der Waals surface area contributed by atoms with E-state index in [0.29, 0.717) is 18.7 Å². The first-order chi connectivity index (χ1) is 15.5. The van der Waals surface area contributed by atoms with Gasteiger partial charge < -0.3 is 19.7 Å². The highest BCUT2D eigenvalue weighted by atomic mass is 16.5. The fraction of sp³-hybridized carbons (Fsp3) is 0.462. The number of carbonyl (C=O) groups is 2. The van der Waals surface area contributed by atoms with E-state index >= 15 is 0 Å². The standard InChI is InChI=1S/C26H34N2O4/c1-4-24(26(30)27-21-7-5-6-8-21)28(17-20-11-9-19(2)10-12-20)25(29)18-32-23-15-13-22(31-3)14-16-23/h9-16,21,24H,4-8,17-18H2,1-3H3,(H,27,30)/t24-/m1/s1. The molecule has 0 saturated heterocycles. The molecule has 172 valence electrons. The summed E-state index contributed by atoms with van der Waals surface area (Å²) in [4.78, 5) is 28.0. The quantitative estimate of drug-likeness (QED) is 0.602. The van der Waals surface area contributed by atoms with Crippen LogP contribution in [-0.4, -0.2) is 42.5 Å². The van der Waals surface area contributed by atoms with E-state index in [1.54, 1.807) is 36.3 Å². The molecular weight excluding hydrogens is 404 g/mol. The van der Waals surface area contributed by atoms with E-state index < -0.39 is 6.04 Å². The van der Waals surface area contributed by atoms with Gasteiger partial charge in [-0.2, -0.15) is 0 Å². The lowest BCUT2D eigenvalue weighted by Crippen LogP contribution is -2.52. The molecule has 2 amide bonds. The molecule has 32 heavy (non-hydrogen) atoms. The molecule has 2 aromatic rings. The maximum absolute atomic E-state index is 13.2. The number of methoxy groups -OCH3 is 1. The van der Waals surface area contributed by atoms with Gasteiger partial charge in [-0.15, -0.1) is 0 Å². The van der Waals surface area contributed by atoms with Crippen LogP contribution in [0.15, 0.2) is 48.5 Å². The third kappa shape index (κ3) is 6.49. The molecule has 1 atom stereocenters. The molecular formula is C26H34N2O4. The van der Waals surface area contributed by atoms with E-state index in [4.69, 9.17) is 9.47 Å². The highest BCUT2D eigenvalue weighted by molar-refractivity contribution is 5.88. The van der Waals surface area contributed by atoms with Crippen LogP contribution in [-0.2, 0) is 16.1 Å². The van der Waals surface area contributed by atoms with Crippen molar-refractivity contribution in [2.24, 2.45) is 0 Å². The van der Waals surface area contributed by atoms with E-state index in [9.17, 15) is 9.59 Å². The lowest BCUT2D eigenvalue weighted by Gasteiger charge is -2.31. The monoisotopic (exact) mass is 438 g/mol. The molecule has 0 bridgehead atoms. The third-order valence-corrected chi connectivity index (χ3v) is 5.98. The van der Waals surface area contributed by atoms with Crippen molar-refractivity contribution >= 4 is 11.8 Å². The summed E-state index contributed by atoms with van der Waals surface area (Å²) in [7, 11) is 1.60. The van der Waals surface area contributed by atoms with E-state index in [0.717, 1.165) is 42.6 Å². The predicted octanol–water partition coefficient (Wildman–Crippen LogP) is 4.25. The van der Waals surface area contributed by atoms with Crippen molar-refractivity contribution in [3.05, 3.63) is 59.7 Å². The second-order valence-corrected chi connectivity index (χ2v) is 8.39. The number of ether oxygens (including phenoxy) is 2. The Kier molecular flexibility index (Phi) is 8.54. The summed E-state index contributed by atoms with van der Waals surface area (Å²) in [5.74, 6) is 1.01. The van der Waals surface area contributed by atoms with Crippen molar-refractivity contribution in [3.63, 3.8) is 0 Å². The van der Waals surface area contributed by atoms with Crippen LogP contribution >= 0.6 is 0 Å². The number of carbonyl (C=O) groups excluding carboxylic acids is 2. The Bertz CT molecular complexity index is 874. The minimum Gasteiger partial charge on any atom is -0.497 e. The first-order valence-corrected chi connectivity index (χ1v) is 11.4. The number of nitrogens with zero attached hydrogens (tertiary/aromatic N) is 1. The molecule has 2 aromatic carbocycles. The van der Waals surface area contributed by atoms with Gasteiger partial charge in [-0.1, -0.05) is 49.6 Å². The number of benzene rings is 2. The van der Waals surface area contributed by atoms with Crippen molar-refractivity contribution in [1.29, 1.82) is 0 Å². The first-order valence-electron chi connectivity index (χ1n) is 11.4. The Hall–Kier alpha value is -3.02. The summed E-state index contributed by atoms with van der Waals surface area (Å²) in [6.07, 6.45) is 4.84. The topological polar surface area (TPSA) is 67.9 Å². The molecule has 0 spiro atoms. The number of hydrogen-bond donors (Lipinski definition) is 1. The molecule has 0 radical (unpaired) electrons. The summed E-state index contributed by atoms with van der Waals surface area (Å²) in [5, 5.41) is 3.16. The van der Waals surface area contributed by atoms with Gasteiger partial charge in [-0.3, -0.25) is 9.59 Å². The van der Waals surface area contributed by atoms with Gasteiger partial charge in [0.1, 0.15) is 17.5 Å². The van der Waals surface area contributed by atoms with E-state index in [1.807, 2.05) is 38.1 Å². The molecule has 0 aliphatic heterocycles. The second-order valence-electron chi connectivity index (χ2n) is 8.39. The third-order valence-electron chi connectivity index (χ3n) is 5.98. The van der Waals surface area contributed by atoms with Gasteiger partial charge in [0.05, 0.1) is 7.11 Å². The van der Waals surface area contributed by atoms with Crippen LogP contribution in [0.5, 0.6) is 11.5 Å². The molecule has 1 N–H and O–H groups in total. The maximum Gasteiger partial charge on any atom is 0.261 e. The van der Waals surface area contributed by atoms with Crippen LogP contribution in [0.25, 0.3) is 0 Å². The van der Waals surface area contributed by atoms with Crippen LogP contribution in [0, 0.1) is 6.92 Å². The summed E-state index contributed by atoms with van der Waals surface area (Å²) >= 11 is 0. The van der Waals surface area contributed by atoms with Crippen molar-refractivity contribution in [2.45, 2.75) is 64.6 Å². The number of amides is 2. The summed E-state index contributed by atoms with van der Waals surface area (Å²) < 4.78 is 10.9. The van der Waals surface area contributed by atoms with Crippen molar-refractivity contribution in [3.8, 4) is 11.5 Å². The number of rotatable bonds is 10. The first kappa shape index (κ1) is 23.6. The van der Waals surface area contributed by atoms with Crippen molar-refractivity contribution in [2.75, 3.05) is 13.7 Å². The zero-order chi connectivity index (χ0) is 22.9. The van der Waals surface area contributed by atoms with E-state index in [2.05, 4.69) is 5.32 Å². The largest absolute Gasteiger partial charge is 0.497 e. The molecule has 0 heterocycles. The van der Waals surface area contributed by atoms with Crippen LogP contribution in [0.3, 0.4) is 0 Å². The fourth-order valence-corrected chi connectivity index (χ4v) is 4.08. The van der Waals surface area contributed by atoms with Crippen LogP contribution in [0.4, 0.5) is 0 Å². The SMILES string of the molecule is CC[C@H](C(=O)NC1CCCC1)N(Cc1ccc(C)cc1)C(=O)COc1ccc(OC)cc1. The van der Waals surface area contributed by atoms with Gasteiger partial charge in [0.15, 0.2) is 6.61 Å². The normalized spacial score (nSPS) is 14.6. The predicted molar refractivity (Wildman–Crippen MR) is 125 cm³/mol. The van der Waals surface area contributed by atoms with Crippen LogP contribution < -0.4 is 14.8 Å². The van der Waals surface area contributed by atoms with E-state index in [1.165, 1.54) is 0 Å². The highest BCUT2D eigenvalue weighted by Crippen LogP contribution is 2.20. The molecule has 6 heteroatoms. The molecule has 3 rings (SSSR count). The lowest BCUT2D eigenvalue weighted by atomic mass is 10.1. The summed E-state index contributed by atoms with van der Waals surface area (Å²) in [6, 6.07) is 14.8. The molecule has 6 nitrogen and oxygen atoms in total. The Morgan fingerprint density at radius 3 is 2.25 bits per heavy atom. The Labute approximate surface area is 190 Å². The fourth-order valence-electron chi connectivity index (χ4n) is 4.08. The lowest BCUT2D eigenvalue weighted by molar-refractivity contribution is -0.143. The molecule has 1 fully saturated rings. The van der Waals surface area contributed by atoms with Gasteiger partial charge in [0.25, 0.3) is 5.91 Å². The molecule has 1 aliphatic carbocycles. The average molecular weight is 439 g/mol. The Morgan fingerprint density at radius 2 is 1.66 bits per heavy atom. The average Bonchev–Trinajstić information content (AvgIpc) is 3.32. The van der Waals surface area contributed by atoms with Gasteiger partial charge in [-0.25, -0.2) is 0 Å². The smallest absolute Gasteiger partial charge is 0.261 e. The van der Waals surface area contributed by atoms with E-state index in [-0.39, 0.29) is 24.5 Å². The summed E-state index contributed by atoms with van der Waals surface area (Å²) in [5.41, 5.74) is 2.14. The van der Waals surface area contributed by atoms with Crippen LogP contribution in [0.2, 0.25) is 0 Å². The van der Waals surface area contributed by atoms with Gasteiger partial charge >= 0.3 is 0 Å². The molecule has 0 aromatic heterocycles. The Morgan fingerprint density at radius 1 is 1.03 bits per heavy atom. The minimum atomic E-state index is -0.538. The highest BCUT2D eigenvalue weighted by Gasteiger charge is 2.30. The number of aryl methyl sites for hydroxylation is 1. The minimum absolute atomic E-state index is 0.0793. The number of hydrogen-bond acceptors (Lipinski definition) is 4. The Balaban J connectivity index is 1.73. The zero-order valence-corrected chi connectivity index (χ0v) is 19.3. The van der Waals surface area contributed by atoms with Crippen molar-refractivity contribution < 1.29 is 19.1 Å². The summed E-state index contributed by atoms with van der Waals surface area (Å²) in [6.45, 7) is 4.20. The van der Waals surface area contributed by atoms with Gasteiger partial charge in [0, 0.05) is 12.6 Å². The molecule has 0 unspecified atom stereocenters. The number of nitrogens with one attached hydrogen (secondary N) is 1. The molecule has 1 aliphatic rings. The second kappa shape index (κ2) is 11.6. The molecule has 1 saturated carbocycles.